The Bertz CT molecular complexity index is 950. The Morgan fingerprint density at radius 1 is 1.23 bits per heavy atom. The van der Waals surface area contributed by atoms with Crippen molar-refractivity contribution in [3.63, 3.8) is 0 Å². The zero-order valence-corrected chi connectivity index (χ0v) is 13.5. The predicted octanol–water partition coefficient (Wildman–Crippen LogP) is 3.23. The van der Waals surface area contributed by atoms with Gasteiger partial charge >= 0.3 is 6.18 Å². The van der Waals surface area contributed by atoms with Crippen LogP contribution in [0.1, 0.15) is 21.7 Å². The number of methoxy groups -OCH3 is 1. The molecule has 1 amide bonds. The minimum atomic E-state index is -4.62. The fourth-order valence-electron chi connectivity index (χ4n) is 2.62. The van der Waals surface area contributed by atoms with E-state index in [1.165, 1.54) is 49.0 Å². The second-order valence-electron chi connectivity index (χ2n) is 5.51. The highest BCUT2D eigenvalue weighted by Gasteiger charge is 2.37. The Labute approximate surface area is 145 Å². The molecule has 0 aliphatic rings. The number of carbonyl (C=O) groups is 1. The zero-order valence-electron chi connectivity index (χ0n) is 13.5. The molecular formula is C17H14F3N3O3. The minimum absolute atomic E-state index is 0.0846. The number of alkyl halides is 3. The van der Waals surface area contributed by atoms with Crippen molar-refractivity contribution >= 4 is 16.9 Å². The van der Waals surface area contributed by atoms with Crippen LogP contribution in [0, 0.1) is 0 Å². The van der Waals surface area contributed by atoms with Crippen LogP contribution in [-0.4, -0.2) is 27.8 Å². The van der Waals surface area contributed by atoms with E-state index in [0.717, 1.165) is 4.57 Å². The number of fused-ring (bicyclic) bond motifs is 1. The summed E-state index contributed by atoms with van der Waals surface area (Å²) in [5.41, 5.74) is 2.71. The number of imidazole rings is 1. The third-order valence-electron chi connectivity index (χ3n) is 3.87. The number of benzene rings is 2. The van der Waals surface area contributed by atoms with Crippen LogP contribution in [0.3, 0.4) is 0 Å². The predicted molar refractivity (Wildman–Crippen MR) is 86.1 cm³/mol. The van der Waals surface area contributed by atoms with Gasteiger partial charge in [0.05, 0.1) is 18.1 Å². The van der Waals surface area contributed by atoms with Gasteiger partial charge in [0.1, 0.15) is 5.75 Å². The number of hydrogen-bond donors (Lipinski definition) is 2. The normalized spacial score (nSPS) is 11.6. The van der Waals surface area contributed by atoms with Crippen LogP contribution in [0.2, 0.25) is 0 Å². The van der Waals surface area contributed by atoms with E-state index < -0.39 is 17.9 Å². The molecule has 2 aromatic carbocycles. The van der Waals surface area contributed by atoms with Gasteiger partial charge in [0.2, 0.25) is 5.82 Å². The largest absolute Gasteiger partial charge is 0.497 e. The van der Waals surface area contributed by atoms with E-state index in [4.69, 9.17) is 9.94 Å². The number of halogens is 3. The molecule has 0 fully saturated rings. The summed E-state index contributed by atoms with van der Waals surface area (Å²) in [5.74, 6) is -1.30. The Morgan fingerprint density at radius 3 is 2.50 bits per heavy atom. The van der Waals surface area contributed by atoms with E-state index in [1.54, 1.807) is 6.07 Å². The van der Waals surface area contributed by atoms with Crippen molar-refractivity contribution < 1.29 is 27.9 Å². The molecule has 1 aromatic heterocycles. The highest BCUT2D eigenvalue weighted by atomic mass is 19.4. The van der Waals surface area contributed by atoms with E-state index in [2.05, 4.69) is 4.98 Å². The summed E-state index contributed by atoms with van der Waals surface area (Å²) in [6.07, 6.45) is -4.62. The molecule has 1 heterocycles. The molecule has 136 valence electrons. The first kappa shape index (κ1) is 17.7. The molecule has 0 aliphatic carbocycles. The maximum atomic E-state index is 13.4. The maximum absolute atomic E-state index is 13.4. The summed E-state index contributed by atoms with van der Waals surface area (Å²) in [7, 11) is 1.42. The van der Waals surface area contributed by atoms with Crippen LogP contribution in [0.15, 0.2) is 42.5 Å². The van der Waals surface area contributed by atoms with E-state index in [9.17, 15) is 18.0 Å². The molecule has 0 atom stereocenters. The van der Waals surface area contributed by atoms with E-state index in [0.29, 0.717) is 16.8 Å². The Hall–Kier alpha value is -3.07. The van der Waals surface area contributed by atoms with Crippen molar-refractivity contribution in [2.45, 2.75) is 12.7 Å². The Morgan fingerprint density at radius 2 is 1.92 bits per heavy atom. The third-order valence-corrected chi connectivity index (χ3v) is 3.87. The van der Waals surface area contributed by atoms with Crippen LogP contribution >= 0.6 is 0 Å². The summed E-state index contributed by atoms with van der Waals surface area (Å²) in [5, 5.41) is 8.60. The van der Waals surface area contributed by atoms with Crippen molar-refractivity contribution in [3.05, 3.63) is 59.4 Å². The van der Waals surface area contributed by atoms with E-state index in [1.807, 2.05) is 0 Å². The first-order valence-electron chi connectivity index (χ1n) is 7.48. The van der Waals surface area contributed by atoms with Crippen molar-refractivity contribution in [1.29, 1.82) is 0 Å². The fourth-order valence-corrected chi connectivity index (χ4v) is 2.62. The molecule has 6 nitrogen and oxygen atoms in total. The Kier molecular flexibility index (Phi) is 4.56. The monoisotopic (exact) mass is 365 g/mol. The summed E-state index contributed by atoms with van der Waals surface area (Å²) in [4.78, 5) is 15.0. The van der Waals surface area contributed by atoms with E-state index in [-0.39, 0.29) is 17.6 Å². The summed E-state index contributed by atoms with van der Waals surface area (Å²) in [6.45, 7) is -0.0846. The van der Waals surface area contributed by atoms with Crippen LogP contribution in [0.5, 0.6) is 5.75 Å². The van der Waals surface area contributed by atoms with Crippen LogP contribution in [0.25, 0.3) is 11.0 Å². The molecule has 3 aromatic rings. The fraction of sp³-hybridized carbons (Fsp3) is 0.176. The number of aromatic nitrogens is 2. The first-order chi connectivity index (χ1) is 12.3. The van der Waals surface area contributed by atoms with Gasteiger partial charge in [0, 0.05) is 18.2 Å². The average molecular weight is 365 g/mol. The number of nitrogens with zero attached hydrogens (tertiary/aromatic N) is 2. The van der Waals surface area contributed by atoms with Crippen molar-refractivity contribution in [1.82, 2.24) is 15.0 Å². The molecule has 0 bridgehead atoms. The summed E-state index contributed by atoms with van der Waals surface area (Å²) in [6, 6.07) is 10.4. The Balaban J connectivity index is 2.04. The number of rotatable bonds is 4. The van der Waals surface area contributed by atoms with Gasteiger partial charge in [0.15, 0.2) is 0 Å². The van der Waals surface area contributed by atoms with Gasteiger partial charge < -0.3 is 9.30 Å². The molecule has 0 aliphatic heterocycles. The maximum Gasteiger partial charge on any atom is 0.449 e. The number of ether oxygens (including phenoxy) is 1. The van der Waals surface area contributed by atoms with Gasteiger partial charge in [0.25, 0.3) is 5.91 Å². The number of carbonyl (C=O) groups excluding carboxylic acids is 1. The lowest BCUT2D eigenvalue weighted by atomic mass is 10.1. The topological polar surface area (TPSA) is 76.4 Å². The van der Waals surface area contributed by atoms with Gasteiger partial charge in [-0.3, -0.25) is 10.0 Å². The first-order valence-corrected chi connectivity index (χ1v) is 7.48. The SMILES string of the molecule is COc1ccc2c(c1)nc(C(F)(F)F)n2Cc1ccc(C(=O)NO)cc1. The number of hydroxylamine groups is 1. The standard InChI is InChI=1S/C17H14F3N3O3/c1-26-12-6-7-14-13(8-12)21-16(17(18,19)20)23(14)9-10-2-4-11(5-3-10)15(24)22-25/h2-8,25H,9H2,1H3,(H,22,24). The molecule has 2 N–H and O–H groups in total. The lowest BCUT2D eigenvalue weighted by Crippen LogP contribution is -2.18. The van der Waals surface area contributed by atoms with Crippen LogP contribution in [-0.2, 0) is 12.7 Å². The molecular weight excluding hydrogens is 351 g/mol. The summed E-state index contributed by atoms with van der Waals surface area (Å²) < 4.78 is 46.3. The molecule has 0 saturated heterocycles. The molecule has 26 heavy (non-hydrogen) atoms. The van der Waals surface area contributed by atoms with Gasteiger partial charge in [-0.15, -0.1) is 0 Å². The number of nitrogens with one attached hydrogen (secondary N) is 1. The molecule has 0 radical (unpaired) electrons. The quantitative estimate of drug-likeness (QED) is 0.550. The smallest absolute Gasteiger partial charge is 0.449 e. The molecule has 0 spiro atoms. The highest BCUT2D eigenvalue weighted by molar-refractivity contribution is 5.93. The van der Waals surface area contributed by atoms with Crippen LogP contribution in [0.4, 0.5) is 13.2 Å². The van der Waals surface area contributed by atoms with Gasteiger partial charge in [-0.2, -0.15) is 13.2 Å². The second-order valence-corrected chi connectivity index (χ2v) is 5.51. The highest BCUT2D eigenvalue weighted by Crippen LogP contribution is 2.33. The van der Waals surface area contributed by atoms with Gasteiger partial charge in [-0.25, -0.2) is 10.5 Å². The molecule has 0 unspecified atom stereocenters. The van der Waals surface area contributed by atoms with Gasteiger partial charge in [-0.1, -0.05) is 12.1 Å². The third kappa shape index (κ3) is 3.33. The van der Waals surface area contributed by atoms with Gasteiger partial charge in [-0.05, 0) is 29.8 Å². The second kappa shape index (κ2) is 6.68. The molecule has 3 rings (SSSR count). The lowest BCUT2D eigenvalue weighted by Gasteiger charge is -2.12. The van der Waals surface area contributed by atoms with Crippen molar-refractivity contribution in [3.8, 4) is 5.75 Å². The van der Waals surface area contributed by atoms with Crippen molar-refractivity contribution in [2.24, 2.45) is 0 Å². The number of amides is 1. The number of hydrogen-bond acceptors (Lipinski definition) is 4. The summed E-state index contributed by atoms with van der Waals surface area (Å²) >= 11 is 0. The molecule has 0 saturated carbocycles. The van der Waals surface area contributed by atoms with Crippen LogP contribution < -0.4 is 10.2 Å². The minimum Gasteiger partial charge on any atom is -0.497 e. The zero-order chi connectivity index (χ0) is 18.9. The lowest BCUT2D eigenvalue weighted by molar-refractivity contribution is -0.146. The average Bonchev–Trinajstić information content (AvgIpc) is 2.99. The molecule has 9 heteroatoms. The van der Waals surface area contributed by atoms with E-state index >= 15 is 0 Å². The van der Waals surface area contributed by atoms with Crippen molar-refractivity contribution in [2.75, 3.05) is 7.11 Å².